The maximum atomic E-state index is 12.6. The lowest BCUT2D eigenvalue weighted by atomic mass is 9.84. The van der Waals surface area contributed by atoms with Crippen LogP contribution in [0.5, 0.6) is 0 Å². The van der Waals surface area contributed by atoms with Gasteiger partial charge >= 0.3 is 0 Å². The van der Waals surface area contributed by atoms with Gasteiger partial charge in [-0.15, -0.1) is 0 Å². The number of amides is 2. The Morgan fingerprint density at radius 2 is 2.00 bits per heavy atom. The lowest BCUT2D eigenvalue weighted by Crippen LogP contribution is -2.46. The molecule has 1 aromatic heterocycles. The van der Waals surface area contributed by atoms with Crippen LogP contribution in [0, 0.1) is 12.8 Å². The van der Waals surface area contributed by atoms with E-state index in [-0.39, 0.29) is 24.3 Å². The quantitative estimate of drug-likeness (QED) is 0.745. The SMILES string of the molecule is CCN(CC)CCN(CC(=O)Nc1cc(C)on1)C(=O)C1CCC1. The molecule has 2 amide bonds. The number of aryl methyl sites for hydroxylation is 1. The first kappa shape index (κ1) is 18.4. The second kappa shape index (κ2) is 8.82. The van der Waals surface area contributed by atoms with Crippen molar-refractivity contribution in [2.45, 2.75) is 40.0 Å². The Morgan fingerprint density at radius 1 is 1.29 bits per heavy atom. The Hall–Kier alpha value is -1.89. The van der Waals surface area contributed by atoms with Crippen LogP contribution in [0.3, 0.4) is 0 Å². The van der Waals surface area contributed by atoms with E-state index in [0.29, 0.717) is 18.1 Å². The molecule has 0 spiro atoms. The van der Waals surface area contributed by atoms with Gasteiger partial charge in [0.2, 0.25) is 11.8 Å². The minimum absolute atomic E-state index is 0.0580. The number of aromatic nitrogens is 1. The average Bonchev–Trinajstić information content (AvgIpc) is 2.90. The molecule has 0 unspecified atom stereocenters. The van der Waals surface area contributed by atoms with E-state index in [9.17, 15) is 9.59 Å². The highest BCUT2D eigenvalue weighted by atomic mass is 16.5. The summed E-state index contributed by atoms with van der Waals surface area (Å²) in [4.78, 5) is 28.8. The van der Waals surface area contributed by atoms with Gasteiger partial charge in [-0.2, -0.15) is 0 Å². The van der Waals surface area contributed by atoms with Crippen LogP contribution in [0.25, 0.3) is 0 Å². The van der Waals surface area contributed by atoms with Gasteiger partial charge in [-0.3, -0.25) is 9.59 Å². The van der Waals surface area contributed by atoms with E-state index in [4.69, 9.17) is 4.52 Å². The highest BCUT2D eigenvalue weighted by molar-refractivity contribution is 5.94. The Balaban J connectivity index is 1.93. The number of nitrogens with zero attached hydrogens (tertiary/aromatic N) is 3. The van der Waals surface area contributed by atoms with E-state index in [2.05, 4.69) is 29.2 Å². The van der Waals surface area contributed by atoms with E-state index in [1.54, 1.807) is 17.9 Å². The Morgan fingerprint density at radius 3 is 2.50 bits per heavy atom. The van der Waals surface area contributed by atoms with Gasteiger partial charge in [0.05, 0.1) is 6.54 Å². The van der Waals surface area contributed by atoms with Crippen molar-refractivity contribution in [2.75, 3.05) is 38.0 Å². The fourth-order valence-corrected chi connectivity index (χ4v) is 2.76. The molecule has 1 aromatic rings. The fraction of sp³-hybridized carbons (Fsp3) is 0.706. The fourth-order valence-electron chi connectivity index (χ4n) is 2.76. The van der Waals surface area contributed by atoms with Gasteiger partial charge in [0.25, 0.3) is 0 Å². The minimum atomic E-state index is -0.240. The topological polar surface area (TPSA) is 78.7 Å². The van der Waals surface area contributed by atoms with Gasteiger partial charge in [-0.05, 0) is 32.9 Å². The first-order valence-corrected chi connectivity index (χ1v) is 8.77. The molecule has 2 rings (SSSR count). The summed E-state index contributed by atoms with van der Waals surface area (Å²) in [5.41, 5.74) is 0. The van der Waals surface area contributed by atoms with E-state index in [0.717, 1.165) is 38.9 Å². The molecule has 0 bridgehead atoms. The summed E-state index contributed by atoms with van der Waals surface area (Å²) in [6.45, 7) is 9.24. The van der Waals surface area contributed by atoms with Gasteiger partial charge in [-0.1, -0.05) is 25.4 Å². The molecule has 24 heavy (non-hydrogen) atoms. The maximum Gasteiger partial charge on any atom is 0.245 e. The first-order valence-electron chi connectivity index (χ1n) is 8.77. The van der Waals surface area contributed by atoms with Crippen LogP contribution in [-0.4, -0.2) is 59.5 Å². The number of hydrogen-bond acceptors (Lipinski definition) is 5. The average molecular weight is 336 g/mol. The molecule has 1 N–H and O–H groups in total. The molecule has 7 heteroatoms. The summed E-state index contributed by atoms with van der Waals surface area (Å²) in [6, 6.07) is 1.66. The predicted octanol–water partition coefficient (Wildman–Crippen LogP) is 1.89. The second-order valence-corrected chi connectivity index (χ2v) is 6.29. The molecule has 1 saturated carbocycles. The minimum Gasteiger partial charge on any atom is -0.360 e. The van der Waals surface area contributed by atoms with E-state index in [1.807, 2.05) is 0 Å². The summed E-state index contributed by atoms with van der Waals surface area (Å²) in [5, 5.41) is 6.44. The molecule has 0 aromatic carbocycles. The molecule has 1 aliphatic carbocycles. The lowest BCUT2D eigenvalue weighted by molar-refractivity contribution is -0.140. The van der Waals surface area contributed by atoms with Crippen molar-refractivity contribution >= 4 is 17.6 Å². The van der Waals surface area contributed by atoms with Crippen molar-refractivity contribution in [1.29, 1.82) is 0 Å². The van der Waals surface area contributed by atoms with Gasteiger partial charge in [0, 0.05) is 25.1 Å². The van der Waals surface area contributed by atoms with Crippen LogP contribution in [0.1, 0.15) is 38.9 Å². The molecular weight excluding hydrogens is 308 g/mol. The van der Waals surface area contributed by atoms with Crippen molar-refractivity contribution in [3.05, 3.63) is 11.8 Å². The molecule has 134 valence electrons. The van der Waals surface area contributed by atoms with Crippen molar-refractivity contribution in [1.82, 2.24) is 15.0 Å². The Bertz CT molecular complexity index is 550. The number of hydrogen-bond donors (Lipinski definition) is 1. The molecule has 1 aliphatic rings. The Labute approximate surface area is 143 Å². The second-order valence-electron chi connectivity index (χ2n) is 6.29. The van der Waals surface area contributed by atoms with Crippen LogP contribution in [0.15, 0.2) is 10.6 Å². The summed E-state index contributed by atoms with van der Waals surface area (Å²) in [7, 11) is 0. The molecular formula is C17H28N4O3. The summed E-state index contributed by atoms with van der Waals surface area (Å²) in [6.07, 6.45) is 2.97. The van der Waals surface area contributed by atoms with Crippen LogP contribution in [0.2, 0.25) is 0 Å². The number of nitrogens with one attached hydrogen (secondary N) is 1. The molecule has 0 aliphatic heterocycles. The standard InChI is InChI=1S/C17H28N4O3/c1-4-20(5-2)9-10-21(17(23)14-7-6-8-14)12-16(22)18-15-11-13(3)24-19-15/h11,14H,4-10,12H2,1-3H3,(H,18,19,22). The van der Waals surface area contributed by atoms with Crippen LogP contribution >= 0.6 is 0 Å². The van der Waals surface area contributed by atoms with Crippen molar-refractivity contribution < 1.29 is 14.1 Å². The normalized spacial score (nSPS) is 14.5. The first-order chi connectivity index (χ1) is 11.5. The predicted molar refractivity (Wildman–Crippen MR) is 91.6 cm³/mol. The van der Waals surface area contributed by atoms with Gasteiger partial charge in [0.1, 0.15) is 5.76 Å². The smallest absolute Gasteiger partial charge is 0.245 e. The third kappa shape index (κ3) is 5.06. The summed E-state index contributed by atoms with van der Waals surface area (Å²) >= 11 is 0. The van der Waals surface area contributed by atoms with E-state index >= 15 is 0 Å². The molecule has 0 saturated heterocycles. The summed E-state index contributed by atoms with van der Waals surface area (Å²) in [5.74, 6) is 0.964. The van der Waals surface area contributed by atoms with Crippen molar-refractivity contribution in [3.63, 3.8) is 0 Å². The van der Waals surface area contributed by atoms with Gasteiger partial charge < -0.3 is 19.6 Å². The zero-order valence-electron chi connectivity index (χ0n) is 14.9. The summed E-state index contributed by atoms with van der Waals surface area (Å²) < 4.78 is 4.94. The number of carbonyl (C=O) groups is 2. The third-order valence-corrected chi connectivity index (χ3v) is 4.58. The van der Waals surface area contributed by atoms with Crippen LogP contribution < -0.4 is 5.32 Å². The molecule has 7 nitrogen and oxygen atoms in total. The number of anilines is 1. The van der Waals surface area contributed by atoms with Crippen LogP contribution in [0.4, 0.5) is 5.82 Å². The van der Waals surface area contributed by atoms with E-state index < -0.39 is 0 Å². The van der Waals surface area contributed by atoms with Crippen LogP contribution in [-0.2, 0) is 9.59 Å². The van der Waals surface area contributed by atoms with Gasteiger partial charge in [0.15, 0.2) is 5.82 Å². The lowest BCUT2D eigenvalue weighted by Gasteiger charge is -2.32. The molecule has 0 atom stereocenters. The monoisotopic (exact) mass is 336 g/mol. The van der Waals surface area contributed by atoms with Gasteiger partial charge in [-0.25, -0.2) is 0 Å². The highest BCUT2D eigenvalue weighted by Crippen LogP contribution is 2.28. The zero-order valence-corrected chi connectivity index (χ0v) is 14.9. The number of rotatable bonds is 9. The number of likely N-dealkylation sites (N-methyl/N-ethyl adjacent to an activating group) is 1. The third-order valence-electron chi connectivity index (χ3n) is 4.58. The molecule has 1 heterocycles. The maximum absolute atomic E-state index is 12.6. The largest absolute Gasteiger partial charge is 0.360 e. The number of carbonyl (C=O) groups excluding carboxylic acids is 2. The molecule has 0 radical (unpaired) electrons. The van der Waals surface area contributed by atoms with E-state index in [1.165, 1.54) is 0 Å². The Kier molecular flexibility index (Phi) is 6.78. The highest BCUT2D eigenvalue weighted by Gasteiger charge is 2.30. The molecule has 1 fully saturated rings. The van der Waals surface area contributed by atoms with Crippen molar-refractivity contribution in [3.8, 4) is 0 Å². The zero-order chi connectivity index (χ0) is 17.5. The van der Waals surface area contributed by atoms with Crippen molar-refractivity contribution in [2.24, 2.45) is 5.92 Å².